The minimum Gasteiger partial charge on any atom is -0.390 e. The zero-order valence-electron chi connectivity index (χ0n) is 12.4. The number of pyridine rings is 1. The molecule has 0 saturated carbocycles. The molecule has 1 aromatic heterocycles. The molecule has 0 aromatic carbocycles. The maximum absolute atomic E-state index is 11.8. The maximum atomic E-state index is 11.8. The third kappa shape index (κ3) is 7.44. The molecule has 1 aromatic rings. The number of hydrogen-bond acceptors (Lipinski definition) is 5. The van der Waals surface area contributed by atoms with E-state index in [4.69, 9.17) is 4.74 Å². The molecule has 0 aliphatic rings. The number of aliphatic hydroxyl groups is 1. The van der Waals surface area contributed by atoms with Crippen molar-refractivity contribution in [2.45, 2.75) is 31.0 Å². The largest absolute Gasteiger partial charge is 0.411 e. The Balaban J connectivity index is 2.20. The van der Waals surface area contributed by atoms with Crippen LogP contribution in [-0.2, 0) is 22.5 Å². The molecule has 4 nitrogen and oxygen atoms in total. The fourth-order valence-corrected chi connectivity index (χ4v) is 2.80. The van der Waals surface area contributed by atoms with Gasteiger partial charge < -0.3 is 14.6 Å². The van der Waals surface area contributed by atoms with Crippen LogP contribution in [0.1, 0.15) is 18.2 Å². The van der Waals surface area contributed by atoms with Crippen LogP contribution in [0, 0.1) is 0 Å². The summed E-state index contributed by atoms with van der Waals surface area (Å²) in [4.78, 5) is 5.16. The summed E-state index contributed by atoms with van der Waals surface area (Å²) in [5.41, 5.74) is 1.69. The van der Waals surface area contributed by atoms with Gasteiger partial charge in [-0.2, -0.15) is 13.2 Å². The highest BCUT2D eigenvalue weighted by Gasteiger charge is 2.27. The van der Waals surface area contributed by atoms with E-state index >= 15 is 0 Å². The fraction of sp³-hybridized carbons (Fsp3) is 0.643. The van der Waals surface area contributed by atoms with Gasteiger partial charge in [-0.1, -0.05) is 6.92 Å². The summed E-state index contributed by atoms with van der Waals surface area (Å²) in [5.74, 6) is 0.668. The van der Waals surface area contributed by atoms with Gasteiger partial charge in [-0.05, 0) is 18.1 Å². The van der Waals surface area contributed by atoms with E-state index in [2.05, 4.69) is 9.72 Å². The van der Waals surface area contributed by atoms with Crippen molar-refractivity contribution in [3.05, 3.63) is 23.5 Å². The van der Waals surface area contributed by atoms with Gasteiger partial charge in [0.1, 0.15) is 6.61 Å². The Bertz CT molecular complexity index is 444. The molecule has 0 bridgehead atoms. The number of aliphatic hydroxyl groups excluding tert-OH is 1. The lowest BCUT2D eigenvalue weighted by molar-refractivity contribution is -0.176. The van der Waals surface area contributed by atoms with Crippen LogP contribution in [0.4, 0.5) is 13.2 Å². The van der Waals surface area contributed by atoms with Crippen molar-refractivity contribution in [2.75, 3.05) is 32.2 Å². The Morgan fingerprint density at radius 1 is 1.23 bits per heavy atom. The minimum atomic E-state index is -4.29. The molecule has 22 heavy (non-hydrogen) atoms. The number of halogens is 3. The van der Waals surface area contributed by atoms with E-state index in [0.29, 0.717) is 18.1 Å². The van der Waals surface area contributed by atoms with E-state index in [9.17, 15) is 18.3 Å². The highest BCUT2D eigenvalue weighted by Crippen LogP contribution is 2.24. The molecule has 0 fully saturated rings. The molecule has 126 valence electrons. The normalized spacial score (nSPS) is 11.9. The standard InChI is InChI=1S/C14H20F3NO3S/c1-2-11-12(9-19)18-4-3-13(11)22-8-7-20-5-6-21-10-14(15,16)17/h3-4,19H,2,5-10H2,1H3. The number of alkyl halides is 3. The van der Waals surface area contributed by atoms with Crippen LogP contribution in [0.25, 0.3) is 0 Å². The van der Waals surface area contributed by atoms with Gasteiger partial charge in [-0.15, -0.1) is 11.8 Å². The Hall–Kier alpha value is -0.830. The average Bonchev–Trinajstić information content (AvgIpc) is 2.48. The zero-order chi connectivity index (χ0) is 16.4. The maximum Gasteiger partial charge on any atom is 0.411 e. The van der Waals surface area contributed by atoms with E-state index in [0.717, 1.165) is 16.9 Å². The molecule has 1 heterocycles. The number of nitrogens with zero attached hydrogens (tertiary/aromatic N) is 1. The quantitative estimate of drug-likeness (QED) is 0.525. The Labute approximate surface area is 132 Å². The molecule has 0 unspecified atom stereocenters. The molecular formula is C14H20F3NO3S. The lowest BCUT2D eigenvalue weighted by Crippen LogP contribution is -2.19. The molecular weight excluding hydrogens is 319 g/mol. The van der Waals surface area contributed by atoms with Crippen LogP contribution < -0.4 is 0 Å². The van der Waals surface area contributed by atoms with Crippen LogP contribution in [0.3, 0.4) is 0 Å². The summed E-state index contributed by atoms with van der Waals surface area (Å²) in [6.07, 6.45) is -1.87. The van der Waals surface area contributed by atoms with Gasteiger partial charge >= 0.3 is 6.18 Å². The second-order valence-electron chi connectivity index (χ2n) is 4.37. The SMILES string of the molecule is CCc1c(SCCOCCOCC(F)(F)F)ccnc1CO. The number of thioether (sulfide) groups is 1. The smallest absolute Gasteiger partial charge is 0.390 e. The van der Waals surface area contributed by atoms with Crippen molar-refractivity contribution >= 4 is 11.8 Å². The summed E-state index contributed by atoms with van der Waals surface area (Å²) in [5, 5.41) is 9.23. The second kappa shape index (κ2) is 10.0. The number of aromatic nitrogens is 1. The molecule has 0 aliphatic carbocycles. The number of ether oxygens (including phenoxy) is 2. The third-order valence-electron chi connectivity index (χ3n) is 2.73. The first-order chi connectivity index (χ1) is 10.5. The first-order valence-corrected chi connectivity index (χ1v) is 7.89. The van der Waals surface area contributed by atoms with E-state index in [-0.39, 0.29) is 19.8 Å². The first kappa shape index (κ1) is 19.2. The number of hydrogen-bond donors (Lipinski definition) is 1. The van der Waals surface area contributed by atoms with Crippen molar-refractivity contribution < 1.29 is 27.8 Å². The Kier molecular flexibility index (Phi) is 8.77. The van der Waals surface area contributed by atoms with E-state index in [1.54, 1.807) is 18.0 Å². The predicted octanol–water partition coefficient (Wildman–Crippen LogP) is 2.82. The van der Waals surface area contributed by atoms with Gasteiger partial charge in [0.05, 0.1) is 32.1 Å². The van der Waals surface area contributed by atoms with Crippen LogP contribution in [-0.4, -0.2) is 48.4 Å². The van der Waals surface area contributed by atoms with Gasteiger partial charge in [-0.3, -0.25) is 4.98 Å². The molecule has 1 N–H and O–H groups in total. The van der Waals surface area contributed by atoms with Crippen LogP contribution in [0.15, 0.2) is 17.2 Å². The van der Waals surface area contributed by atoms with Crippen LogP contribution >= 0.6 is 11.8 Å². The highest BCUT2D eigenvalue weighted by molar-refractivity contribution is 7.99. The Morgan fingerprint density at radius 2 is 1.95 bits per heavy atom. The summed E-state index contributed by atoms with van der Waals surface area (Å²) in [6.45, 7) is 1.13. The lowest BCUT2D eigenvalue weighted by atomic mass is 10.1. The topological polar surface area (TPSA) is 51.6 Å². The monoisotopic (exact) mass is 339 g/mol. The molecule has 8 heteroatoms. The van der Waals surface area contributed by atoms with E-state index < -0.39 is 12.8 Å². The lowest BCUT2D eigenvalue weighted by Gasteiger charge is -2.11. The highest BCUT2D eigenvalue weighted by atomic mass is 32.2. The van der Waals surface area contributed by atoms with Gasteiger partial charge in [0, 0.05) is 16.8 Å². The molecule has 0 aliphatic heterocycles. The molecule has 0 radical (unpaired) electrons. The predicted molar refractivity (Wildman–Crippen MR) is 78.0 cm³/mol. The summed E-state index contributed by atoms with van der Waals surface area (Å²) in [6, 6.07) is 1.88. The summed E-state index contributed by atoms with van der Waals surface area (Å²) >= 11 is 1.57. The van der Waals surface area contributed by atoms with Gasteiger partial charge in [0.2, 0.25) is 0 Å². The van der Waals surface area contributed by atoms with Crippen molar-refractivity contribution in [1.82, 2.24) is 4.98 Å². The first-order valence-electron chi connectivity index (χ1n) is 6.90. The van der Waals surface area contributed by atoms with Gasteiger partial charge in [0.25, 0.3) is 0 Å². The average molecular weight is 339 g/mol. The van der Waals surface area contributed by atoms with Gasteiger partial charge in [-0.25, -0.2) is 0 Å². The van der Waals surface area contributed by atoms with Crippen molar-refractivity contribution in [3.63, 3.8) is 0 Å². The summed E-state index contributed by atoms with van der Waals surface area (Å²) < 4.78 is 45.1. The fourth-order valence-electron chi connectivity index (χ4n) is 1.78. The van der Waals surface area contributed by atoms with Crippen LogP contribution in [0.2, 0.25) is 0 Å². The second-order valence-corrected chi connectivity index (χ2v) is 5.51. The van der Waals surface area contributed by atoms with Crippen LogP contribution in [0.5, 0.6) is 0 Å². The van der Waals surface area contributed by atoms with Crippen molar-refractivity contribution in [1.29, 1.82) is 0 Å². The Morgan fingerprint density at radius 3 is 2.59 bits per heavy atom. The van der Waals surface area contributed by atoms with Gasteiger partial charge in [0.15, 0.2) is 0 Å². The molecule has 0 spiro atoms. The van der Waals surface area contributed by atoms with E-state index in [1.807, 2.05) is 13.0 Å². The van der Waals surface area contributed by atoms with Crippen molar-refractivity contribution in [3.8, 4) is 0 Å². The molecule has 0 saturated heterocycles. The third-order valence-corrected chi connectivity index (χ3v) is 3.79. The van der Waals surface area contributed by atoms with E-state index in [1.165, 1.54) is 0 Å². The molecule has 0 amide bonds. The molecule has 1 rings (SSSR count). The minimum absolute atomic E-state index is 0.0751. The molecule has 0 atom stereocenters. The number of rotatable bonds is 10. The summed E-state index contributed by atoms with van der Waals surface area (Å²) in [7, 11) is 0. The zero-order valence-corrected chi connectivity index (χ0v) is 13.2. The van der Waals surface area contributed by atoms with Crippen molar-refractivity contribution in [2.24, 2.45) is 0 Å².